The Morgan fingerprint density at radius 2 is 2.14 bits per heavy atom. The monoisotopic (exact) mass is 300 g/mol. The van der Waals surface area contributed by atoms with Crippen molar-refractivity contribution in [1.29, 1.82) is 0 Å². The highest BCUT2D eigenvalue weighted by Crippen LogP contribution is 2.25. The molecule has 2 aromatic rings. The molecule has 0 radical (unpaired) electrons. The molecule has 1 aliphatic heterocycles. The van der Waals surface area contributed by atoms with Gasteiger partial charge in [-0.3, -0.25) is 4.68 Å². The SMILES string of the molecule is Cc1nn(C)c(N(C)C)c1CN[C@@H]1COc2ccccc2C1. The number of aromatic nitrogens is 2. The molecule has 1 aromatic carbocycles. The molecule has 1 N–H and O–H groups in total. The lowest BCUT2D eigenvalue weighted by molar-refractivity contribution is 0.238. The van der Waals surface area contributed by atoms with E-state index in [4.69, 9.17) is 4.74 Å². The predicted molar refractivity (Wildman–Crippen MR) is 88.5 cm³/mol. The molecule has 3 rings (SSSR count). The van der Waals surface area contributed by atoms with Crippen LogP contribution in [0.15, 0.2) is 24.3 Å². The van der Waals surface area contributed by atoms with Crippen molar-refractivity contribution < 1.29 is 4.74 Å². The molecule has 0 unspecified atom stereocenters. The zero-order valence-electron chi connectivity index (χ0n) is 13.8. The smallest absolute Gasteiger partial charge is 0.130 e. The minimum Gasteiger partial charge on any atom is -0.492 e. The van der Waals surface area contributed by atoms with Gasteiger partial charge in [-0.05, 0) is 25.0 Å². The van der Waals surface area contributed by atoms with Gasteiger partial charge in [0.2, 0.25) is 0 Å². The summed E-state index contributed by atoms with van der Waals surface area (Å²) in [6.07, 6.45) is 1.01. The van der Waals surface area contributed by atoms with Gasteiger partial charge < -0.3 is 15.0 Å². The van der Waals surface area contributed by atoms with Gasteiger partial charge in [-0.2, -0.15) is 5.10 Å². The Labute approximate surface area is 131 Å². The number of aryl methyl sites for hydroxylation is 2. The molecule has 0 amide bonds. The number of nitrogens with one attached hydrogen (secondary N) is 1. The molecule has 0 bridgehead atoms. The average molecular weight is 300 g/mol. The summed E-state index contributed by atoms with van der Waals surface area (Å²) in [5, 5.41) is 8.16. The number of rotatable bonds is 4. The maximum Gasteiger partial charge on any atom is 0.130 e. The molecule has 1 aromatic heterocycles. The van der Waals surface area contributed by atoms with E-state index < -0.39 is 0 Å². The van der Waals surface area contributed by atoms with Crippen LogP contribution >= 0.6 is 0 Å². The fraction of sp³-hybridized carbons (Fsp3) is 0.471. The van der Waals surface area contributed by atoms with E-state index in [1.165, 1.54) is 11.1 Å². The van der Waals surface area contributed by atoms with Crippen molar-refractivity contribution in [3.05, 3.63) is 41.1 Å². The molecule has 0 saturated heterocycles. The van der Waals surface area contributed by atoms with Crippen LogP contribution in [0, 0.1) is 6.92 Å². The van der Waals surface area contributed by atoms with Crippen molar-refractivity contribution in [2.24, 2.45) is 7.05 Å². The minimum atomic E-state index is 0.338. The first-order valence-corrected chi connectivity index (χ1v) is 7.70. The number of fused-ring (bicyclic) bond motifs is 1. The van der Waals surface area contributed by atoms with E-state index in [1.807, 2.05) is 23.9 Å². The first-order chi connectivity index (χ1) is 10.6. The molecule has 0 saturated carbocycles. The Balaban J connectivity index is 1.69. The van der Waals surface area contributed by atoms with Gasteiger partial charge >= 0.3 is 0 Å². The van der Waals surface area contributed by atoms with Gasteiger partial charge in [0.25, 0.3) is 0 Å². The van der Waals surface area contributed by atoms with Gasteiger partial charge in [-0.25, -0.2) is 0 Å². The molecule has 0 spiro atoms. The second-order valence-electron chi connectivity index (χ2n) is 6.11. The maximum absolute atomic E-state index is 5.84. The lowest BCUT2D eigenvalue weighted by Crippen LogP contribution is -2.39. The fourth-order valence-corrected chi connectivity index (χ4v) is 3.16. The summed E-state index contributed by atoms with van der Waals surface area (Å²) in [5.41, 5.74) is 3.61. The van der Waals surface area contributed by atoms with Crippen LogP contribution in [0.4, 0.5) is 5.82 Å². The lowest BCUT2D eigenvalue weighted by atomic mass is 10.0. The van der Waals surface area contributed by atoms with Crippen molar-refractivity contribution in [3.8, 4) is 5.75 Å². The standard InChI is InChI=1S/C17H24N4O/c1-12-15(17(20(2)3)21(4)19-12)10-18-14-9-13-7-5-6-8-16(13)22-11-14/h5-8,14,18H,9-11H2,1-4H3/t14-/m0/s1. The van der Waals surface area contributed by atoms with E-state index in [9.17, 15) is 0 Å². The van der Waals surface area contributed by atoms with E-state index in [0.29, 0.717) is 12.6 Å². The van der Waals surface area contributed by atoms with Gasteiger partial charge in [0.05, 0.1) is 5.69 Å². The quantitative estimate of drug-likeness (QED) is 0.936. The Kier molecular flexibility index (Phi) is 4.07. The van der Waals surface area contributed by atoms with Crippen LogP contribution < -0.4 is 15.0 Å². The fourth-order valence-electron chi connectivity index (χ4n) is 3.16. The van der Waals surface area contributed by atoms with Crippen molar-refractivity contribution >= 4 is 5.82 Å². The first kappa shape index (κ1) is 14.9. The second-order valence-corrected chi connectivity index (χ2v) is 6.11. The van der Waals surface area contributed by atoms with Crippen LogP contribution in [0.2, 0.25) is 0 Å². The first-order valence-electron chi connectivity index (χ1n) is 7.70. The van der Waals surface area contributed by atoms with Crippen molar-refractivity contribution in [1.82, 2.24) is 15.1 Å². The number of hydrogen-bond donors (Lipinski definition) is 1. The highest BCUT2D eigenvalue weighted by Gasteiger charge is 2.21. The van der Waals surface area contributed by atoms with E-state index in [0.717, 1.165) is 30.2 Å². The molecule has 2 heterocycles. The topological polar surface area (TPSA) is 42.3 Å². The summed E-state index contributed by atoms with van der Waals surface area (Å²) in [6.45, 7) is 3.59. The molecular weight excluding hydrogens is 276 g/mol. The molecule has 1 aliphatic rings. The maximum atomic E-state index is 5.84. The lowest BCUT2D eigenvalue weighted by Gasteiger charge is -2.26. The van der Waals surface area contributed by atoms with Crippen LogP contribution in [0.3, 0.4) is 0 Å². The summed E-state index contributed by atoms with van der Waals surface area (Å²) < 4.78 is 7.79. The Bertz CT molecular complexity index is 663. The van der Waals surface area contributed by atoms with Crippen molar-refractivity contribution in [2.45, 2.75) is 25.9 Å². The third-order valence-corrected chi connectivity index (χ3v) is 4.18. The molecule has 0 fully saturated rings. The Morgan fingerprint density at radius 1 is 1.36 bits per heavy atom. The summed E-state index contributed by atoms with van der Waals surface area (Å²) in [5.74, 6) is 2.18. The van der Waals surface area contributed by atoms with Crippen LogP contribution in [0.25, 0.3) is 0 Å². The Morgan fingerprint density at radius 3 is 2.91 bits per heavy atom. The van der Waals surface area contributed by atoms with Crippen molar-refractivity contribution in [2.75, 3.05) is 25.6 Å². The Hall–Kier alpha value is -2.01. The van der Waals surface area contributed by atoms with Crippen LogP contribution in [0.5, 0.6) is 5.75 Å². The van der Waals surface area contributed by atoms with Gasteiger partial charge in [-0.15, -0.1) is 0 Å². The average Bonchev–Trinajstić information content (AvgIpc) is 2.78. The third kappa shape index (κ3) is 2.81. The van der Waals surface area contributed by atoms with Gasteiger partial charge in [-0.1, -0.05) is 18.2 Å². The molecule has 118 valence electrons. The molecular formula is C17H24N4O. The van der Waals surface area contributed by atoms with E-state index in [1.54, 1.807) is 0 Å². The van der Waals surface area contributed by atoms with Gasteiger partial charge in [0.15, 0.2) is 0 Å². The van der Waals surface area contributed by atoms with E-state index in [-0.39, 0.29) is 0 Å². The van der Waals surface area contributed by atoms with Crippen molar-refractivity contribution in [3.63, 3.8) is 0 Å². The zero-order chi connectivity index (χ0) is 15.7. The highest BCUT2D eigenvalue weighted by atomic mass is 16.5. The number of ether oxygens (including phenoxy) is 1. The second kappa shape index (κ2) is 6.01. The largest absolute Gasteiger partial charge is 0.492 e. The van der Waals surface area contributed by atoms with E-state index >= 15 is 0 Å². The molecule has 1 atom stereocenters. The number of nitrogens with zero attached hydrogens (tertiary/aromatic N) is 3. The normalized spacial score (nSPS) is 17.0. The van der Waals surface area contributed by atoms with Gasteiger partial charge in [0.1, 0.15) is 18.2 Å². The summed E-state index contributed by atoms with van der Waals surface area (Å²) >= 11 is 0. The highest BCUT2D eigenvalue weighted by molar-refractivity contribution is 5.49. The summed E-state index contributed by atoms with van der Waals surface area (Å²) in [7, 11) is 6.10. The van der Waals surface area contributed by atoms with Crippen LogP contribution in [-0.4, -0.2) is 36.5 Å². The molecule has 5 heteroatoms. The summed E-state index contributed by atoms with van der Waals surface area (Å²) in [4.78, 5) is 2.11. The number of benzene rings is 1. The predicted octanol–water partition coefficient (Wildman–Crippen LogP) is 1.89. The number of anilines is 1. The van der Waals surface area contributed by atoms with Crippen LogP contribution in [0.1, 0.15) is 16.8 Å². The molecule has 5 nitrogen and oxygen atoms in total. The number of para-hydroxylation sites is 1. The van der Waals surface area contributed by atoms with Crippen LogP contribution in [-0.2, 0) is 20.0 Å². The molecule has 0 aliphatic carbocycles. The summed E-state index contributed by atoms with van der Waals surface area (Å²) in [6, 6.07) is 8.61. The zero-order valence-corrected chi connectivity index (χ0v) is 13.8. The van der Waals surface area contributed by atoms with E-state index in [2.05, 4.69) is 48.5 Å². The van der Waals surface area contributed by atoms with Gasteiger partial charge in [0, 0.05) is 39.3 Å². The third-order valence-electron chi connectivity index (χ3n) is 4.18. The number of hydrogen-bond acceptors (Lipinski definition) is 4. The molecule has 22 heavy (non-hydrogen) atoms. The minimum absolute atomic E-state index is 0.338.